The summed E-state index contributed by atoms with van der Waals surface area (Å²) >= 11 is 0. The second-order valence-corrected chi connectivity index (χ2v) is 5.99. The number of nitrogen functional groups attached to an aromatic ring is 1. The Kier molecular flexibility index (Phi) is 6.28. The fraction of sp³-hybridized carbons (Fsp3) is 0.368. The SMILES string of the molecule is CC(C)CNCCc1ccc(OCc2ccccc2)c(N)c1. The average Bonchev–Trinajstić information content (AvgIpc) is 2.51. The summed E-state index contributed by atoms with van der Waals surface area (Å²) in [4.78, 5) is 0. The molecule has 118 valence electrons. The molecule has 3 N–H and O–H groups in total. The summed E-state index contributed by atoms with van der Waals surface area (Å²) in [6.45, 7) is 6.99. The van der Waals surface area contributed by atoms with Gasteiger partial charge in [-0.15, -0.1) is 0 Å². The lowest BCUT2D eigenvalue weighted by Crippen LogP contribution is -2.22. The van der Waals surface area contributed by atoms with Crippen LogP contribution in [-0.4, -0.2) is 13.1 Å². The zero-order valence-electron chi connectivity index (χ0n) is 13.5. The lowest BCUT2D eigenvalue weighted by Gasteiger charge is -2.11. The molecule has 0 unspecified atom stereocenters. The maximum atomic E-state index is 6.09. The second-order valence-electron chi connectivity index (χ2n) is 5.99. The monoisotopic (exact) mass is 298 g/mol. The van der Waals surface area contributed by atoms with Crippen LogP contribution in [0.5, 0.6) is 5.75 Å². The van der Waals surface area contributed by atoms with E-state index in [0.717, 1.165) is 30.8 Å². The van der Waals surface area contributed by atoms with E-state index in [2.05, 4.69) is 25.2 Å². The van der Waals surface area contributed by atoms with Gasteiger partial charge in [-0.3, -0.25) is 0 Å². The highest BCUT2D eigenvalue weighted by Crippen LogP contribution is 2.23. The fourth-order valence-corrected chi connectivity index (χ4v) is 2.24. The van der Waals surface area contributed by atoms with E-state index >= 15 is 0 Å². The summed E-state index contributed by atoms with van der Waals surface area (Å²) in [7, 11) is 0. The number of ether oxygens (including phenoxy) is 1. The normalized spacial score (nSPS) is 10.9. The molecule has 0 saturated heterocycles. The van der Waals surface area contributed by atoms with Crippen molar-refractivity contribution in [3.8, 4) is 5.75 Å². The molecule has 0 aromatic heterocycles. The average molecular weight is 298 g/mol. The Morgan fingerprint density at radius 1 is 1.05 bits per heavy atom. The summed E-state index contributed by atoms with van der Waals surface area (Å²) < 4.78 is 5.79. The first kappa shape index (κ1) is 16.4. The van der Waals surface area contributed by atoms with E-state index < -0.39 is 0 Å². The molecule has 22 heavy (non-hydrogen) atoms. The van der Waals surface area contributed by atoms with Crippen LogP contribution < -0.4 is 15.8 Å². The predicted octanol–water partition coefficient (Wildman–Crippen LogP) is 3.64. The van der Waals surface area contributed by atoms with Crippen molar-refractivity contribution in [2.75, 3.05) is 18.8 Å². The maximum absolute atomic E-state index is 6.09. The van der Waals surface area contributed by atoms with Crippen molar-refractivity contribution in [3.63, 3.8) is 0 Å². The largest absolute Gasteiger partial charge is 0.487 e. The zero-order chi connectivity index (χ0) is 15.8. The van der Waals surface area contributed by atoms with Gasteiger partial charge in [0, 0.05) is 0 Å². The van der Waals surface area contributed by atoms with Gasteiger partial charge in [-0.25, -0.2) is 0 Å². The van der Waals surface area contributed by atoms with Crippen LogP contribution in [0.4, 0.5) is 5.69 Å². The van der Waals surface area contributed by atoms with E-state index in [1.165, 1.54) is 5.56 Å². The van der Waals surface area contributed by atoms with Crippen molar-refractivity contribution in [2.24, 2.45) is 5.92 Å². The maximum Gasteiger partial charge on any atom is 0.142 e. The quantitative estimate of drug-likeness (QED) is 0.578. The van der Waals surface area contributed by atoms with Gasteiger partial charge in [0.25, 0.3) is 0 Å². The molecule has 0 aliphatic rings. The molecule has 3 nitrogen and oxygen atoms in total. The molecular weight excluding hydrogens is 272 g/mol. The van der Waals surface area contributed by atoms with Crippen molar-refractivity contribution in [1.82, 2.24) is 5.32 Å². The molecule has 0 aliphatic heterocycles. The molecule has 0 amide bonds. The van der Waals surface area contributed by atoms with E-state index in [1.807, 2.05) is 42.5 Å². The number of benzene rings is 2. The predicted molar refractivity (Wildman–Crippen MR) is 93.0 cm³/mol. The Bertz CT molecular complexity index is 567. The van der Waals surface area contributed by atoms with Gasteiger partial charge in [0.1, 0.15) is 12.4 Å². The lowest BCUT2D eigenvalue weighted by atomic mass is 10.1. The molecule has 0 radical (unpaired) electrons. The number of nitrogens with two attached hydrogens (primary N) is 1. The third kappa shape index (κ3) is 5.41. The molecule has 0 saturated carbocycles. The standard InChI is InChI=1S/C19H26N2O/c1-15(2)13-21-11-10-16-8-9-19(18(20)12-16)22-14-17-6-4-3-5-7-17/h3-9,12,15,21H,10-11,13-14,20H2,1-2H3. The van der Waals surface area contributed by atoms with Crippen LogP contribution in [0.25, 0.3) is 0 Å². The number of hydrogen-bond acceptors (Lipinski definition) is 3. The van der Waals surface area contributed by atoms with Crippen LogP contribution in [0, 0.1) is 5.92 Å². The Labute approximate surface area is 133 Å². The Balaban J connectivity index is 1.84. The lowest BCUT2D eigenvalue weighted by molar-refractivity contribution is 0.308. The highest BCUT2D eigenvalue weighted by atomic mass is 16.5. The molecule has 0 bridgehead atoms. The molecule has 2 aromatic rings. The first-order chi connectivity index (χ1) is 10.6. The summed E-state index contributed by atoms with van der Waals surface area (Å²) in [6.07, 6.45) is 0.982. The van der Waals surface area contributed by atoms with Gasteiger partial charge in [-0.05, 0) is 48.7 Å². The topological polar surface area (TPSA) is 47.3 Å². The van der Waals surface area contributed by atoms with Crippen LogP contribution in [0.2, 0.25) is 0 Å². The minimum absolute atomic E-state index is 0.542. The van der Waals surface area contributed by atoms with E-state index in [0.29, 0.717) is 18.2 Å². The summed E-state index contributed by atoms with van der Waals surface area (Å²) in [6, 6.07) is 16.2. The van der Waals surface area contributed by atoms with Crippen LogP contribution in [0.3, 0.4) is 0 Å². The molecule has 0 heterocycles. The van der Waals surface area contributed by atoms with Crippen LogP contribution in [0.1, 0.15) is 25.0 Å². The van der Waals surface area contributed by atoms with Crippen LogP contribution in [-0.2, 0) is 13.0 Å². The molecule has 0 atom stereocenters. The van der Waals surface area contributed by atoms with Gasteiger partial charge in [-0.1, -0.05) is 50.2 Å². The van der Waals surface area contributed by atoms with Crippen molar-refractivity contribution < 1.29 is 4.74 Å². The molecule has 0 aliphatic carbocycles. The zero-order valence-corrected chi connectivity index (χ0v) is 13.5. The molecular formula is C19H26N2O. The number of hydrogen-bond donors (Lipinski definition) is 2. The minimum Gasteiger partial charge on any atom is -0.487 e. The Morgan fingerprint density at radius 3 is 2.50 bits per heavy atom. The summed E-state index contributed by atoms with van der Waals surface area (Å²) in [5.41, 5.74) is 9.18. The van der Waals surface area contributed by atoms with E-state index in [4.69, 9.17) is 10.5 Å². The smallest absolute Gasteiger partial charge is 0.142 e. The van der Waals surface area contributed by atoms with Gasteiger partial charge in [-0.2, -0.15) is 0 Å². The Hall–Kier alpha value is -2.00. The van der Waals surface area contributed by atoms with Crippen molar-refractivity contribution in [2.45, 2.75) is 26.9 Å². The van der Waals surface area contributed by atoms with Crippen molar-refractivity contribution in [1.29, 1.82) is 0 Å². The first-order valence-electron chi connectivity index (χ1n) is 7.91. The fourth-order valence-electron chi connectivity index (χ4n) is 2.24. The van der Waals surface area contributed by atoms with Gasteiger partial charge < -0.3 is 15.8 Å². The highest BCUT2D eigenvalue weighted by molar-refractivity contribution is 5.54. The van der Waals surface area contributed by atoms with Gasteiger partial charge >= 0.3 is 0 Å². The Morgan fingerprint density at radius 2 is 1.82 bits per heavy atom. The third-order valence-electron chi connectivity index (χ3n) is 3.45. The van der Waals surface area contributed by atoms with Gasteiger partial charge in [0.05, 0.1) is 5.69 Å². The van der Waals surface area contributed by atoms with E-state index in [1.54, 1.807) is 0 Å². The highest BCUT2D eigenvalue weighted by Gasteiger charge is 2.03. The number of nitrogens with one attached hydrogen (secondary N) is 1. The molecule has 2 aromatic carbocycles. The minimum atomic E-state index is 0.542. The number of anilines is 1. The van der Waals surface area contributed by atoms with E-state index in [-0.39, 0.29) is 0 Å². The third-order valence-corrected chi connectivity index (χ3v) is 3.45. The van der Waals surface area contributed by atoms with Crippen molar-refractivity contribution >= 4 is 5.69 Å². The molecule has 2 rings (SSSR count). The van der Waals surface area contributed by atoms with Crippen LogP contribution >= 0.6 is 0 Å². The molecule has 3 heteroatoms. The molecule has 0 fully saturated rings. The van der Waals surface area contributed by atoms with Crippen molar-refractivity contribution in [3.05, 3.63) is 59.7 Å². The summed E-state index contributed by atoms with van der Waals surface area (Å²) in [5.74, 6) is 1.43. The van der Waals surface area contributed by atoms with Gasteiger partial charge in [0.15, 0.2) is 0 Å². The molecule has 0 spiro atoms. The number of rotatable bonds is 8. The van der Waals surface area contributed by atoms with Gasteiger partial charge in [0.2, 0.25) is 0 Å². The first-order valence-corrected chi connectivity index (χ1v) is 7.91. The summed E-state index contributed by atoms with van der Waals surface area (Å²) in [5, 5.41) is 3.44. The van der Waals surface area contributed by atoms with E-state index in [9.17, 15) is 0 Å². The second kappa shape index (κ2) is 8.44. The van der Waals surface area contributed by atoms with Crippen LogP contribution in [0.15, 0.2) is 48.5 Å².